The van der Waals surface area contributed by atoms with Crippen LogP contribution in [0.25, 0.3) is 0 Å². The maximum Gasteiger partial charge on any atom is 0.208 e. The molecule has 0 aliphatic carbocycles. The molecule has 0 saturated carbocycles. The Bertz CT molecular complexity index is 592. The van der Waals surface area contributed by atoms with Crippen molar-refractivity contribution >= 4 is 0 Å². The maximum absolute atomic E-state index is 5.60. The van der Waals surface area contributed by atoms with E-state index in [0.29, 0.717) is 6.54 Å². The average Bonchev–Trinajstić information content (AvgIpc) is 3.12. The van der Waals surface area contributed by atoms with Crippen LogP contribution in [-0.2, 0) is 19.4 Å². The molecule has 2 aromatic rings. The molecule has 4 nitrogen and oxygen atoms in total. The second-order valence-corrected chi connectivity index (χ2v) is 5.14. The third-order valence-electron chi connectivity index (χ3n) is 3.72. The zero-order valence-electron chi connectivity index (χ0n) is 12.0. The minimum Gasteiger partial charge on any atom is -0.493 e. The molecule has 1 aromatic heterocycles. The van der Waals surface area contributed by atoms with Crippen molar-refractivity contribution in [3.63, 3.8) is 0 Å². The Kier molecular flexibility index (Phi) is 3.74. The number of fused-ring (bicyclic) bond motifs is 1. The summed E-state index contributed by atoms with van der Waals surface area (Å²) in [5, 5.41) is 3.45. The van der Waals surface area contributed by atoms with Crippen molar-refractivity contribution in [1.29, 1.82) is 0 Å². The Morgan fingerprint density at radius 2 is 2.30 bits per heavy atom. The first-order chi connectivity index (χ1) is 9.76. The highest BCUT2D eigenvalue weighted by Crippen LogP contribution is 2.28. The van der Waals surface area contributed by atoms with Crippen LogP contribution in [0.3, 0.4) is 0 Å². The molecule has 1 atom stereocenters. The number of oxazole rings is 1. The molecule has 0 fully saturated rings. The van der Waals surface area contributed by atoms with Crippen LogP contribution in [0.15, 0.2) is 28.8 Å². The molecule has 3 rings (SSSR count). The summed E-state index contributed by atoms with van der Waals surface area (Å²) >= 11 is 0. The Morgan fingerprint density at radius 3 is 3.10 bits per heavy atom. The highest BCUT2D eigenvalue weighted by atomic mass is 16.5. The monoisotopic (exact) mass is 272 g/mol. The van der Waals surface area contributed by atoms with E-state index in [9.17, 15) is 0 Å². The first kappa shape index (κ1) is 13.2. The van der Waals surface area contributed by atoms with E-state index in [2.05, 4.69) is 42.3 Å². The van der Waals surface area contributed by atoms with Gasteiger partial charge in [0.1, 0.15) is 11.5 Å². The van der Waals surface area contributed by atoms with Crippen molar-refractivity contribution < 1.29 is 9.15 Å². The van der Waals surface area contributed by atoms with E-state index < -0.39 is 0 Å². The Morgan fingerprint density at radius 1 is 1.40 bits per heavy atom. The summed E-state index contributed by atoms with van der Waals surface area (Å²) in [4.78, 5) is 4.26. The Labute approximate surface area is 119 Å². The molecule has 1 N–H and O–H groups in total. The lowest BCUT2D eigenvalue weighted by Gasteiger charge is -2.14. The summed E-state index contributed by atoms with van der Waals surface area (Å²) < 4.78 is 11.1. The number of hydrogen-bond donors (Lipinski definition) is 1. The molecule has 0 bridgehead atoms. The molecule has 20 heavy (non-hydrogen) atoms. The van der Waals surface area contributed by atoms with Gasteiger partial charge in [0.25, 0.3) is 0 Å². The quantitative estimate of drug-likeness (QED) is 0.909. The van der Waals surface area contributed by atoms with E-state index in [4.69, 9.17) is 9.15 Å². The number of benzene rings is 1. The molecule has 0 saturated heterocycles. The molecular formula is C16H20N2O2. The maximum atomic E-state index is 5.60. The van der Waals surface area contributed by atoms with Gasteiger partial charge in [-0.3, -0.25) is 0 Å². The van der Waals surface area contributed by atoms with Crippen LogP contribution in [0.4, 0.5) is 0 Å². The van der Waals surface area contributed by atoms with Crippen LogP contribution in [0.1, 0.15) is 42.7 Å². The number of ether oxygens (including phenoxy) is 1. The largest absolute Gasteiger partial charge is 0.493 e. The van der Waals surface area contributed by atoms with Crippen LogP contribution in [0.5, 0.6) is 5.75 Å². The summed E-state index contributed by atoms with van der Waals surface area (Å²) in [6.45, 7) is 5.67. The van der Waals surface area contributed by atoms with Crippen LogP contribution < -0.4 is 10.1 Å². The van der Waals surface area contributed by atoms with Gasteiger partial charge in [0.2, 0.25) is 5.89 Å². The normalized spacial score (nSPS) is 14.9. The van der Waals surface area contributed by atoms with Crippen LogP contribution in [0.2, 0.25) is 0 Å². The van der Waals surface area contributed by atoms with Crippen molar-refractivity contribution in [3.8, 4) is 5.75 Å². The van der Waals surface area contributed by atoms with Gasteiger partial charge in [0.15, 0.2) is 0 Å². The molecule has 1 aliphatic rings. The summed E-state index contributed by atoms with van der Waals surface area (Å²) in [6.07, 6.45) is 3.69. The van der Waals surface area contributed by atoms with Gasteiger partial charge in [0, 0.05) is 18.9 Å². The van der Waals surface area contributed by atoms with Crippen molar-refractivity contribution in [2.24, 2.45) is 0 Å². The molecule has 1 aromatic carbocycles. The van der Waals surface area contributed by atoms with Gasteiger partial charge in [0.05, 0.1) is 19.3 Å². The highest BCUT2D eigenvalue weighted by Gasteiger charge is 2.14. The third-order valence-corrected chi connectivity index (χ3v) is 3.72. The number of aryl methyl sites for hydroxylation is 1. The Hall–Kier alpha value is -1.81. The molecule has 1 unspecified atom stereocenters. The zero-order valence-corrected chi connectivity index (χ0v) is 12.0. The zero-order chi connectivity index (χ0) is 13.9. The molecule has 2 heterocycles. The predicted molar refractivity (Wildman–Crippen MR) is 76.8 cm³/mol. The molecule has 1 aliphatic heterocycles. The second kappa shape index (κ2) is 5.67. The predicted octanol–water partition coefficient (Wildman–Crippen LogP) is 3.02. The van der Waals surface area contributed by atoms with Crippen LogP contribution >= 0.6 is 0 Å². The molecular weight excluding hydrogens is 252 g/mol. The lowest BCUT2D eigenvalue weighted by Crippen LogP contribution is -2.18. The standard InChI is InChI=1S/C16H20N2O2/c1-3-14-9-18-16(20-14)10-17-11(2)12-4-5-15-13(8-12)6-7-19-15/h4-5,8-9,11,17H,3,6-7,10H2,1-2H3. The van der Waals surface area contributed by atoms with Gasteiger partial charge in [-0.2, -0.15) is 0 Å². The number of aromatic nitrogens is 1. The van der Waals surface area contributed by atoms with Crippen molar-refractivity contribution in [2.75, 3.05) is 6.61 Å². The second-order valence-electron chi connectivity index (χ2n) is 5.14. The van der Waals surface area contributed by atoms with Crippen LogP contribution in [0, 0.1) is 0 Å². The lowest BCUT2D eigenvalue weighted by molar-refractivity contribution is 0.356. The van der Waals surface area contributed by atoms with Crippen LogP contribution in [-0.4, -0.2) is 11.6 Å². The SMILES string of the molecule is CCc1cnc(CNC(C)c2ccc3c(c2)CCO3)o1. The first-order valence-corrected chi connectivity index (χ1v) is 7.19. The molecule has 106 valence electrons. The van der Waals surface area contributed by atoms with Gasteiger partial charge >= 0.3 is 0 Å². The summed E-state index contributed by atoms with van der Waals surface area (Å²) in [5.41, 5.74) is 2.58. The van der Waals surface area contributed by atoms with E-state index in [1.807, 2.05) is 0 Å². The minimum absolute atomic E-state index is 0.262. The molecule has 0 spiro atoms. The summed E-state index contributed by atoms with van der Waals surface area (Å²) in [6, 6.07) is 6.68. The van der Waals surface area contributed by atoms with Crippen molar-refractivity contribution in [1.82, 2.24) is 10.3 Å². The third kappa shape index (κ3) is 2.70. The fourth-order valence-electron chi connectivity index (χ4n) is 2.43. The van der Waals surface area contributed by atoms with Gasteiger partial charge in [-0.25, -0.2) is 4.98 Å². The van der Waals surface area contributed by atoms with Gasteiger partial charge in [-0.05, 0) is 24.1 Å². The van der Waals surface area contributed by atoms with Crippen molar-refractivity contribution in [2.45, 2.75) is 39.3 Å². The fraction of sp³-hybridized carbons (Fsp3) is 0.438. The summed E-state index contributed by atoms with van der Waals surface area (Å²) in [7, 11) is 0. The van der Waals surface area contributed by atoms with E-state index in [1.165, 1.54) is 11.1 Å². The number of rotatable bonds is 5. The van der Waals surface area contributed by atoms with E-state index in [1.54, 1.807) is 6.20 Å². The van der Waals surface area contributed by atoms with Gasteiger partial charge < -0.3 is 14.5 Å². The lowest BCUT2D eigenvalue weighted by atomic mass is 10.0. The van der Waals surface area contributed by atoms with Gasteiger partial charge in [-0.15, -0.1) is 0 Å². The first-order valence-electron chi connectivity index (χ1n) is 7.19. The highest BCUT2D eigenvalue weighted by molar-refractivity contribution is 5.40. The van der Waals surface area contributed by atoms with E-state index in [0.717, 1.165) is 36.8 Å². The topological polar surface area (TPSA) is 47.3 Å². The molecule has 0 radical (unpaired) electrons. The van der Waals surface area contributed by atoms with Gasteiger partial charge in [-0.1, -0.05) is 19.1 Å². The Balaban J connectivity index is 1.62. The number of nitrogens with zero attached hydrogens (tertiary/aromatic N) is 1. The number of hydrogen-bond acceptors (Lipinski definition) is 4. The fourth-order valence-corrected chi connectivity index (χ4v) is 2.43. The average molecular weight is 272 g/mol. The van der Waals surface area contributed by atoms with E-state index >= 15 is 0 Å². The van der Waals surface area contributed by atoms with Crippen molar-refractivity contribution in [3.05, 3.63) is 47.2 Å². The van der Waals surface area contributed by atoms with E-state index in [-0.39, 0.29) is 6.04 Å². The minimum atomic E-state index is 0.262. The number of nitrogens with one attached hydrogen (secondary N) is 1. The molecule has 0 amide bonds. The smallest absolute Gasteiger partial charge is 0.208 e. The molecule has 4 heteroatoms. The summed E-state index contributed by atoms with van der Waals surface area (Å²) in [5.74, 6) is 2.71.